The average Bonchev–Trinajstić information content (AvgIpc) is 2.17. The van der Waals surface area contributed by atoms with Gasteiger partial charge in [0.05, 0.1) is 6.10 Å². The summed E-state index contributed by atoms with van der Waals surface area (Å²) in [6, 6.07) is 5.78. The number of hydrogen-bond donors (Lipinski definition) is 3. The average molecular weight is 209 g/mol. The van der Waals surface area contributed by atoms with Crippen LogP contribution in [0.25, 0.3) is 0 Å². The lowest BCUT2D eigenvalue weighted by molar-refractivity contribution is 0.0146. The Morgan fingerprint density at radius 1 is 1.27 bits per heavy atom. The van der Waals surface area contributed by atoms with Crippen LogP contribution in [0.4, 0.5) is 0 Å². The standard InChI is InChI=1S/C12H19NO2/c1-8-3-4-10(9(2)7-8)12(15)11(14)5-6-13/h3-4,7,11-12,14-15H,5-6,13H2,1-2H3. The Morgan fingerprint density at radius 3 is 2.47 bits per heavy atom. The second-order valence-corrected chi connectivity index (χ2v) is 3.95. The molecule has 1 aromatic rings. The van der Waals surface area contributed by atoms with E-state index in [1.807, 2.05) is 32.0 Å². The molecule has 0 spiro atoms. The van der Waals surface area contributed by atoms with Gasteiger partial charge in [0.25, 0.3) is 0 Å². The summed E-state index contributed by atoms with van der Waals surface area (Å²) >= 11 is 0. The van der Waals surface area contributed by atoms with Crippen LogP contribution in [0.5, 0.6) is 0 Å². The van der Waals surface area contributed by atoms with Crippen molar-refractivity contribution in [2.75, 3.05) is 6.54 Å². The fraction of sp³-hybridized carbons (Fsp3) is 0.500. The van der Waals surface area contributed by atoms with Gasteiger partial charge in [-0.1, -0.05) is 23.8 Å². The number of rotatable bonds is 4. The predicted molar refractivity (Wildman–Crippen MR) is 60.6 cm³/mol. The van der Waals surface area contributed by atoms with Crippen molar-refractivity contribution in [1.82, 2.24) is 0 Å². The van der Waals surface area contributed by atoms with Gasteiger partial charge in [0, 0.05) is 0 Å². The third-order valence-electron chi connectivity index (χ3n) is 2.57. The number of benzene rings is 1. The van der Waals surface area contributed by atoms with Gasteiger partial charge in [0.1, 0.15) is 6.10 Å². The highest BCUT2D eigenvalue weighted by molar-refractivity contribution is 5.32. The van der Waals surface area contributed by atoms with Gasteiger partial charge >= 0.3 is 0 Å². The van der Waals surface area contributed by atoms with E-state index >= 15 is 0 Å². The highest BCUT2D eigenvalue weighted by Crippen LogP contribution is 2.22. The van der Waals surface area contributed by atoms with E-state index in [-0.39, 0.29) is 0 Å². The topological polar surface area (TPSA) is 66.5 Å². The third-order valence-corrected chi connectivity index (χ3v) is 2.57. The van der Waals surface area contributed by atoms with Crippen LogP contribution in [0.15, 0.2) is 18.2 Å². The van der Waals surface area contributed by atoms with Gasteiger partial charge in [0.2, 0.25) is 0 Å². The number of nitrogens with two attached hydrogens (primary N) is 1. The Bertz CT molecular complexity index is 325. The van der Waals surface area contributed by atoms with Gasteiger partial charge in [-0.05, 0) is 37.9 Å². The summed E-state index contributed by atoms with van der Waals surface area (Å²) in [6.45, 7) is 4.31. The fourth-order valence-corrected chi connectivity index (χ4v) is 1.69. The van der Waals surface area contributed by atoms with Crippen molar-refractivity contribution >= 4 is 0 Å². The summed E-state index contributed by atoms with van der Waals surface area (Å²) in [5.41, 5.74) is 8.26. The van der Waals surface area contributed by atoms with Gasteiger partial charge in [-0.25, -0.2) is 0 Å². The highest BCUT2D eigenvalue weighted by atomic mass is 16.3. The van der Waals surface area contributed by atoms with E-state index in [9.17, 15) is 10.2 Å². The first-order chi connectivity index (χ1) is 7.06. The molecule has 3 heteroatoms. The lowest BCUT2D eigenvalue weighted by Crippen LogP contribution is -2.22. The van der Waals surface area contributed by atoms with E-state index in [0.29, 0.717) is 13.0 Å². The first-order valence-corrected chi connectivity index (χ1v) is 5.19. The molecule has 4 N–H and O–H groups in total. The molecule has 0 aromatic heterocycles. The summed E-state index contributed by atoms with van der Waals surface area (Å²) in [5, 5.41) is 19.5. The molecule has 3 nitrogen and oxygen atoms in total. The number of aliphatic hydroxyl groups is 2. The summed E-state index contributed by atoms with van der Waals surface area (Å²) < 4.78 is 0. The van der Waals surface area contributed by atoms with Crippen molar-refractivity contribution in [2.45, 2.75) is 32.5 Å². The zero-order valence-corrected chi connectivity index (χ0v) is 9.27. The normalized spacial score (nSPS) is 15.0. The van der Waals surface area contributed by atoms with Crippen LogP contribution in [-0.4, -0.2) is 22.9 Å². The van der Waals surface area contributed by atoms with Gasteiger partial charge in [-0.2, -0.15) is 0 Å². The largest absolute Gasteiger partial charge is 0.390 e. The predicted octanol–water partition coefficient (Wildman–Crippen LogP) is 1.05. The van der Waals surface area contributed by atoms with Crippen molar-refractivity contribution < 1.29 is 10.2 Å². The van der Waals surface area contributed by atoms with Crippen molar-refractivity contribution in [3.05, 3.63) is 34.9 Å². The maximum atomic E-state index is 9.89. The molecule has 0 aliphatic rings. The molecular formula is C12H19NO2. The SMILES string of the molecule is Cc1ccc(C(O)C(O)CCN)c(C)c1. The van der Waals surface area contributed by atoms with Gasteiger partial charge in [-0.15, -0.1) is 0 Å². The molecule has 1 aromatic carbocycles. The first kappa shape index (κ1) is 12.2. The number of hydrogen-bond acceptors (Lipinski definition) is 3. The molecule has 0 aliphatic heterocycles. The molecule has 0 bridgehead atoms. The van der Waals surface area contributed by atoms with Crippen LogP contribution in [0.2, 0.25) is 0 Å². The van der Waals surface area contributed by atoms with E-state index in [4.69, 9.17) is 5.73 Å². The summed E-state index contributed by atoms with van der Waals surface area (Å²) in [4.78, 5) is 0. The van der Waals surface area contributed by atoms with Gasteiger partial charge in [0.15, 0.2) is 0 Å². The first-order valence-electron chi connectivity index (χ1n) is 5.19. The van der Waals surface area contributed by atoms with E-state index in [2.05, 4.69) is 0 Å². The lowest BCUT2D eigenvalue weighted by atomic mass is 9.96. The maximum Gasteiger partial charge on any atom is 0.105 e. The Hall–Kier alpha value is -0.900. The minimum atomic E-state index is -0.839. The van der Waals surface area contributed by atoms with Crippen LogP contribution in [0.3, 0.4) is 0 Å². The monoisotopic (exact) mass is 209 g/mol. The summed E-state index contributed by atoms with van der Waals surface area (Å²) in [7, 11) is 0. The van der Waals surface area contributed by atoms with Crippen molar-refractivity contribution in [1.29, 1.82) is 0 Å². The molecule has 0 saturated carbocycles. The third kappa shape index (κ3) is 3.02. The van der Waals surface area contributed by atoms with Crippen molar-refractivity contribution in [3.8, 4) is 0 Å². The zero-order chi connectivity index (χ0) is 11.4. The van der Waals surface area contributed by atoms with E-state index in [0.717, 1.165) is 16.7 Å². The summed E-state index contributed by atoms with van der Waals surface area (Å²) in [6.07, 6.45) is -1.21. The molecule has 0 aliphatic carbocycles. The van der Waals surface area contributed by atoms with Crippen LogP contribution < -0.4 is 5.73 Å². The fourth-order valence-electron chi connectivity index (χ4n) is 1.69. The molecule has 0 radical (unpaired) electrons. The molecule has 0 saturated heterocycles. The molecule has 0 amide bonds. The Morgan fingerprint density at radius 2 is 1.93 bits per heavy atom. The zero-order valence-electron chi connectivity index (χ0n) is 9.27. The van der Waals surface area contributed by atoms with Crippen LogP contribution in [0.1, 0.15) is 29.2 Å². The number of aryl methyl sites for hydroxylation is 2. The van der Waals surface area contributed by atoms with Crippen LogP contribution in [0, 0.1) is 13.8 Å². The van der Waals surface area contributed by atoms with Gasteiger partial charge < -0.3 is 15.9 Å². The summed E-state index contributed by atoms with van der Waals surface area (Å²) in [5.74, 6) is 0. The van der Waals surface area contributed by atoms with E-state index in [1.165, 1.54) is 0 Å². The molecule has 84 valence electrons. The molecule has 1 rings (SSSR count). The Balaban J connectivity index is 2.86. The second-order valence-electron chi connectivity index (χ2n) is 3.95. The van der Waals surface area contributed by atoms with Gasteiger partial charge in [-0.3, -0.25) is 0 Å². The number of aliphatic hydroxyl groups excluding tert-OH is 2. The molecule has 0 fully saturated rings. The molecule has 15 heavy (non-hydrogen) atoms. The lowest BCUT2D eigenvalue weighted by Gasteiger charge is -2.19. The van der Waals surface area contributed by atoms with E-state index < -0.39 is 12.2 Å². The second kappa shape index (κ2) is 5.26. The van der Waals surface area contributed by atoms with Crippen molar-refractivity contribution in [3.63, 3.8) is 0 Å². The minimum absolute atomic E-state index is 0.378. The van der Waals surface area contributed by atoms with Crippen LogP contribution >= 0.6 is 0 Å². The minimum Gasteiger partial charge on any atom is -0.390 e. The molecule has 2 atom stereocenters. The highest BCUT2D eigenvalue weighted by Gasteiger charge is 2.18. The molecule has 0 heterocycles. The van der Waals surface area contributed by atoms with Crippen molar-refractivity contribution in [2.24, 2.45) is 5.73 Å². The maximum absolute atomic E-state index is 9.89. The Kier molecular flexibility index (Phi) is 4.27. The Labute approximate surface area is 90.5 Å². The molecular weight excluding hydrogens is 190 g/mol. The molecule has 2 unspecified atom stereocenters. The van der Waals surface area contributed by atoms with E-state index in [1.54, 1.807) is 0 Å². The smallest absolute Gasteiger partial charge is 0.105 e. The van der Waals surface area contributed by atoms with Crippen LogP contribution in [-0.2, 0) is 0 Å². The quantitative estimate of drug-likeness (QED) is 0.694.